The van der Waals surface area contributed by atoms with Crippen LogP contribution < -0.4 is 0 Å². The Morgan fingerprint density at radius 1 is 1.48 bits per heavy atom. The standard InChI is InChI=1S/C15H17FN2O6S/c1-9-12(16)5-11(6-13(9)18(21)22)25(23,24)17-7-10-3-2-4-15(10,8-17)14(19)20/h5-6,10H,2-4,7-8H2,1H3,(H,19,20)/t10-,15+/m0/s1. The number of benzene rings is 1. The molecular formula is C15H17FN2O6S. The van der Waals surface area contributed by atoms with E-state index in [1.54, 1.807) is 0 Å². The van der Waals surface area contributed by atoms with Gasteiger partial charge in [-0.1, -0.05) is 6.42 Å². The minimum absolute atomic E-state index is 0.0257. The van der Waals surface area contributed by atoms with Gasteiger partial charge in [-0.15, -0.1) is 0 Å². The van der Waals surface area contributed by atoms with Gasteiger partial charge in [0.2, 0.25) is 10.0 Å². The van der Waals surface area contributed by atoms with Gasteiger partial charge in [0.15, 0.2) is 0 Å². The molecule has 1 aromatic rings. The fraction of sp³-hybridized carbons (Fsp3) is 0.533. The van der Waals surface area contributed by atoms with Gasteiger partial charge >= 0.3 is 5.97 Å². The molecule has 1 aliphatic heterocycles. The lowest BCUT2D eigenvalue weighted by Gasteiger charge is -2.23. The van der Waals surface area contributed by atoms with Gasteiger partial charge < -0.3 is 5.11 Å². The van der Waals surface area contributed by atoms with Crippen LogP contribution in [0.1, 0.15) is 24.8 Å². The summed E-state index contributed by atoms with van der Waals surface area (Å²) in [6, 6.07) is 1.58. The van der Waals surface area contributed by atoms with Crippen molar-refractivity contribution >= 4 is 21.7 Å². The summed E-state index contributed by atoms with van der Waals surface area (Å²) in [4.78, 5) is 21.3. The van der Waals surface area contributed by atoms with Crippen molar-refractivity contribution in [3.8, 4) is 0 Å². The number of nitro groups is 1. The number of nitrogens with zero attached hydrogens (tertiary/aromatic N) is 2. The summed E-state index contributed by atoms with van der Waals surface area (Å²) >= 11 is 0. The number of fused-ring (bicyclic) bond motifs is 1. The third kappa shape index (κ3) is 2.60. The molecule has 2 atom stereocenters. The summed E-state index contributed by atoms with van der Waals surface area (Å²) in [5, 5.41) is 20.6. The lowest BCUT2D eigenvalue weighted by molar-refractivity contribution is -0.385. The highest BCUT2D eigenvalue weighted by Gasteiger charge is 2.57. The van der Waals surface area contributed by atoms with Crippen LogP contribution in [0.5, 0.6) is 0 Å². The van der Waals surface area contributed by atoms with E-state index in [0.29, 0.717) is 12.8 Å². The first-order valence-electron chi connectivity index (χ1n) is 7.77. The highest BCUT2D eigenvalue weighted by atomic mass is 32.2. The molecule has 1 N–H and O–H groups in total. The first-order valence-corrected chi connectivity index (χ1v) is 9.21. The zero-order valence-corrected chi connectivity index (χ0v) is 14.3. The number of nitro benzene ring substituents is 1. The summed E-state index contributed by atoms with van der Waals surface area (Å²) < 4.78 is 40.6. The van der Waals surface area contributed by atoms with Crippen molar-refractivity contribution in [1.29, 1.82) is 0 Å². The van der Waals surface area contributed by atoms with E-state index in [1.807, 2.05) is 0 Å². The van der Waals surface area contributed by atoms with E-state index in [1.165, 1.54) is 6.92 Å². The maximum atomic E-state index is 14.0. The van der Waals surface area contributed by atoms with Crippen LogP contribution in [-0.2, 0) is 14.8 Å². The van der Waals surface area contributed by atoms with E-state index < -0.39 is 42.7 Å². The number of carbonyl (C=O) groups is 1. The van der Waals surface area contributed by atoms with E-state index >= 15 is 0 Å². The first-order chi connectivity index (χ1) is 11.6. The van der Waals surface area contributed by atoms with Gasteiger partial charge in [0.25, 0.3) is 5.69 Å². The van der Waals surface area contributed by atoms with Crippen LogP contribution in [-0.4, -0.2) is 41.8 Å². The molecule has 1 saturated heterocycles. The highest BCUT2D eigenvalue weighted by Crippen LogP contribution is 2.50. The van der Waals surface area contributed by atoms with E-state index in [4.69, 9.17) is 0 Å². The van der Waals surface area contributed by atoms with Gasteiger partial charge in [0, 0.05) is 19.2 Å². The van der Waals surface area contributed by atoms with Crippen molar-refractivity contribution in [2.45, 2.75) is 31.1 Å². The maximum absolute atomic E-state index is 14.0. The predicted molar refractivity (Wildman–Crippen MR) is 84.0 cm³/mol. The molecular weight excluding hydrogens is 355 g/mol. The van der Waals surface area contributed by atoms with Crippen molar-refractivity contribution in [1.82, 2.24) is 4.31 Å². The molecule has 0 bridgehead atoms. The van der Waals surface area contributed by atoms with Gasteiger partial charge in [-0.05, 0) is 31.7 Å². The second kappa shape index (κ2) is 5.73. The van der Waals surface area contributed by atoms with E-state index in [-0.39, 0.29) is 24.6 Å². The van der Waals surface area contributed by atoms with Crippen LogP contribution >= 0.6 is 0 Å². The summed E-state index contributed by atoms with van der Waals surface area (Å²) in [6.07, 6.45) is 1.72. The molecule has 0 aromatic heterocycles. The number of rotatable bonds is 4. The molecule has 3 rings (SSSR count). The van der Waals surface area contributed by atoms with Gasteiger partial charge in [-0.3, -0.25) is 14.9 Å². The minimum Gasteiger partial charge on any atom is -0.481 e. The van der Waals surface area contributed by atoms with Gasteiger partial charge in [0.05, 0.1) is 20.8 Å². The molecule has 25 heavy (non-hydrogen) atoms. The Kier molecular flexibility index (Phi) is 4.07. The maximum Gasteiger partial charge on any atom is 0.311 e. The SMILES string of the molecule is Cc1c(F)cc(S(=O)(=O)N2C[C@@H]3CCC[C@@]3(C(=O)O)C2)cc1[N+](=O)[O-]. The van der Waals surface area contributed by atoms with E-state index in [9.17, 15) is 32.8 Å². The molecule has 0 spiro atoms. The molecule has 0 radical (unpaired) electrons. The Morgan fingerprint density at radius 2 is 2.16 bits per heavy atom. The third-order valence-electron chi connectivity index (χ3n) is 5.39. The summed E-state index contributed by atoms with van der Waals surface area (Å²) in [5.74, 6) is -2.32. The van der Waals surface area contributed by atoms with Crippen LogP contribution in [0.25, 0.3) is 0 Å². The first kappa shape index (κ1) is 17.7. The molecule has 0 amide bonds. The molecule has 0 unspecified atom stereocenters. The fourth-order valence-electron chi connectivity index (χ4n) is 3.90. The number of hydrogen-bond acceptors (Lipinski definition) is 5. The molecule has 136 valence electrons. The van der Waals surface area contributed by atoms with E-state index in [2.05, 4.69) is 0 Å². The Hall–Kier alpha value is -2.07. The van der Waals surface area contributed by atoms with Crippen molar-refractivity contribution in [2.75, 3.05) is 13.1 Å². The number of carboxylic acids is 1. The molecule has 1 heterocycles. The quantitative estimate of drug-likeness (QED) is 0.637. The topological polar surface area (TPSA) is 118 Å². The minimum atomic E-state index is -4.22. The number of hydrogen-bond donors (Lipinski definition) is 1. The Labute approximate surface area is 143 Å². The largest absolute Gasteiger partial charge is 0.481 e. The Balaban J connectivity index is 2.02. The van der Waals surface area contributed by atoms with Crippen molar-refractivity contribution in [3.05, 3.63) is 33.6 Å². The van der Waals surface area contributed by atoms with Crippen molar-refractivity contribution < 1.29 is 27.6 Å². The summed E-state index contributed by atoms with van der Waals surface area (Å²) in [7, 11) is -4.22. The zero-order valence-electron chi connectivity index (χ0n) is 13.4. The fourth-order valence-corrected chi connectivity index (χ4v) is 5.49. The Morgan fingerprint density at radius 3 is 2.72 bits per heavy atom. The van der Waals surface area contributed by atoms with E-state index in [0.717, 1.165) is 22.9 Å². The molecule has 10 heteroatoms. The van der Waals surface area contributed by atoms with Crippen LogP contribution in [0, 0.1) is 34.2 Å². The normalized spacial score (nSPS) is 26.6. The molecule has 1 aromatic carbocycles. The second-order valence-corrected chi connectivity index (χ2v) is 8.59. The lowest BCUT2D eigenvalue weighted by atomic mass is 9.81. The van der Waals surface area contributed by atoms with Crippen molar-refractivity contribution in [3.63, 3.8) is 0 Å². The predicted octanol–water partition coefficient (Wildman–Crippen LogP) is 1.92. The van der Waals surface area contributed by atoms with Crippen molar-refractivity contribution in [2.24, 2.45) is 11.3 Å². The summed E-state index contributed by atoms with van der Waals surface area (Å²) in [5.41, 5.74) is -1.99. The van der Waals surface area contributed by atoms with Crippen LogP contribution in [0.3, 0.4) is 0 Å². The monoisotopic (exact) mass is 372 g/mol. The number of aliphatic carboxylic acids is 1. The average molecular weight is 372 g/mol. The number of sulfonamides is 1. The molecule has 8 nitrogen and oxygen atoms in total. The average Bonchev–Trinajstić information content (AvgIpc) is 3.07. The molecule has 1 aliphatic carbocycles. The second-order valence-electron chi connectivity index (χ2n) is 6.65. The number of halogens is 1. The highest BCUT2D eigenvalue weighted by molar-refractivity contribution is 7.89. The molecule has 1 saturated carbocycles. The Bertz CT molecular complexity index is 871. The molecule has 2 fully saturated rings. The van der Waals surface area contributed by atoms with Crippen LogP contribution in [0.2, 0.25) is 0 Å². The molecule has 2 aliphatic rings. The zero-order chi connectivity index (χ0) is 18.6. The smallest absolute Gasteiger partial charge is 0.311 e. The van der Waals surface area contributed by atoms with Crippen LogP contribution in [0.4, 0.5) is 10.1 Å². The lowest BCUT2D eigenvalue weighted by Crippen LogP contribution is -2.37. The third-order valence-corrected chi connectivity index (χ3v) is 7.18. The van der Waals surface area contributed by atoms with Gasteiger partial charge in [-0.2, -0.15) is 4.31 Å². The van der Waals surface area contributed by atoms with Gasteiger partial charge in [0.1, 0.15) is 5.82 Å². The number of carboxylic acid groups (broad SMARTS) is 1. The van der Waals surface area contributed by atoms with Crippen LogP contribution in [0.15, 0.2) is 17.0 Å². The van der Waals surface area contributed by atoms with Gasteiger partial charge in [-0.25, -0.2) is 12.8 Å². The summed E-state index contributed by atoms with van der Waals surface area (Å²) in [6.45, 7) is 1.03.